The van der Waals surface area contributed by atoms with Crippen molar-refractivity contribution >= 4 is 23.9 Å². The maximum absolute atomic E-state index is 13.2. The molecular weight excluding hydrogens is 516 g/mol. The van der Waals surface area contributed by atoms with Gasteiger partial charge in [-0.2, -0.15) is 0 Å². The number of likely N-dealkylation sites (tertiary alicyclic amines) is 2. The highest BCUT2D eigenvalue weighted by Gasteiger charge is 2.32. The van der Waals surface area contributed by atoms with E-state index in [1.54, 1.807) is 22.1 Å². The number of carboxylic acids is 1. The van der Waals surface area contributed by atoms with Crippen LogP contribution in [0.5, 0.6) is 5.75 Å². The summed E-state index contributed by atoms with van der Waals surface area (Å²) < 4.78 is 10.9. The number of amides is 3. The van der Waals surface area contributed by atoms with E-state index in [1.807, 2.05) is 27.7 Å². The molecule has 0 spiro atoms. The van der Waals surface area contributed by atoms with Crippen molar-refractivity contribution in [2.45, 2.75) is 84.3 Å². The molecule has 40 heavy (non-hydrogen) atoms. The Hall–Kier alpha value is -3.37. The zero-order chi connectivity index (χ0) is 29.3. The number of hydrogen-bond acceptors (Lipinski definition) is 7. The Kier molecular flexibility index (Phi) is 11.2. The van der Waals surface area contributed by atoms with Crippen molar-refractivity contribution in [1.29, 1.82) is 0 Å². The minimum Gasteiger partial charge on any atom is -0.492 e. The zero-order valence-corrected chi connectivity index (χ0v) is 24.2. The fraction of sp³-hybridized carbons (Fsp3) is 0.690. The van der Waals surface area contributed by atoms with Gasteiger partial charge in [0.1, 0.15) is 11.4 Å². The van der Waals surface area contributed by atoms with Crippen molar-refractivity contribution in [3.63, 3.8) is 0 Å². The number of carbonyl (C=O) groups excluding carboxylic acids is 3. The molecule has 2 fully saturated rings. The van der Waals surface area contributed by atoms with E-state index in [1.165, 1.54) is 6.20 Å². The Balaban J connectivity index is 1.49. The van der Waals surface area contributed by atoms with Crippen LogP contribution in [0.15, 0.2) is 18.5 Å². The molecule has 0 saturated carbocycles. The third-order valence-electron chi connectivity index (χ3n) is 7.32. The number of carbonyl (C=O) groups is 4. The second kappa shape index (κ2) is 14.3. The first-order chi connectivity index (χ1) is 18.9. The van der Waals surface area contributed by atoms with Crippen LogP contribution < -0.4 is 10.1 Å². The van der Waals surface area contributed by atoms with Crippen LogP contribution in [0.3, 0.4) is 0 Å². The molecule has 0 aliphatic carbocycles. The highest BCUT2D eigenvalue weighted by Crippen LogP contribution is 2.26. The molecule has 2 atom stereocenters. The lowest BCUT2D eigenvalue weighted by Gasteiger charge is -2.35. The number of aromatic nitrogens is 1. The van der Waals surface area contributed by atoms with Gasteiger partial charge >= 0.3 is 12.1 Å². The molecule has 0 radical (unpaired) electrons. The van der Waals surface area contributed by atoms with Crippen LogP contribution in [0.1, 0.15) is 84.2 Å². The summed E-state index contributed by atoms with van der Waals surface area (Å²) in [7, 11) is 0. The Morgan fingerprint density at radius 3 is 2.48 bits per heavy atom. The molecule has 3 heterocycles. The number of ether oxygens (including phenoxy) is 2. The summed E-state index contributed by atoms with van der Waals surface area (Å²) in [6, 6.07) is 0.939. The molecule has 3 amide bonds. The van der Waals surface area contributed by atoms with E-state index < -0.39 is 23.5 Å². The van der Waals surface area contributed by atoms with Crippen LogP contribution in [0.4, 0.5) is 4.79 Å². The summed E-state index contributed by atoms with van der Waals surface area (Å²) >= 11 is 0. The van der Waals surface area contributed by atoms with E-state index in [2.05, 4.69) is 10.3 Å². The molecule has 2 aliphatic heterocycles. The van der Waals surface area contributed by atoms with Gasteiger partial charge in [0.25, 0.3) is 0 Å². The lowest BCUT2D eigenvalue weighted by atomic mass is 9.91. The van der Waals surface area contributed by atoms with E-state index in [0.717, 1.165) is 19.3 Å². The molecule has 2 N–H and O–H groups in total. The van der Waals surface area contributed by atoms with Crippen LogP contribution in [-0.4, -0.2) is 82.2 Å². The number of pyridine rings is 1. The van der Waals surface area contributed by atoms with Gasteiger partial charge in [-0.25, -0.2) is 4.79 Å². The predicted molar refractivity (Wildman–Crippen MR) is 148 cm³/mol. The summed E-state index contributed by atoms with van der Waals surface area (Å²) in [6.07, 6.45) is 6.67. The molecule has 2 saturated heterocycles. The number of carboxylic acid groups (broad SMARTS) is 1. The smallest absolute Gasteiger partial charge is 0.410 e. The molecule has 2 aliphatic rings. The van der Waals surface area contributed by atoms with Crippen LogP contribution >= 0.6 is 0 Å². The van der Waals surface area contributed by atoms with Gasteiger partial charge in [-0.1, -0.05) is 0 Å². The van der Waals surface area contributed by atoms with Gasteiger partial charge < -0.3 is 29.7 Å². The van der Waals surface area contributed by atoms with E-state index in [4.69, 9.17) is 9.47 Å². The Morgan fingerprint density at radius 2 is 1.82 bits per heavy atom. The molecule has 3 rings (SSSR count). The normalized spacial score (nSPS) is 19.1. The standard InChI is InChI=1S/C29H44N4O7/c1-5-39-23-15-22(17-30-18-23)24(16-26(35)36)31-27(37)21-7-6-12-33(19-21)25(34)9-8-20-10-13-32(14-11-20)28(38)40-29(2,3)4/h15,17-18,20-21,24H,5-14,16,19H2,1-4H3,(H,31,37)(H,35,36)/t21-,24+/m1/s1. The molecule has 11 heteroatoms. The SMILES string of the molecule is CCOc1cncc([C@H](CC(=O)O)NC(=O)[C@@H]2CCCN(C(=O)CCC3CCN(C(=O)OC(C)(C)C)CC3)C2)c1. The summed E-state index contributed by atoms with van der Waals surface area (Å²) in [4.78, 5) is 57.6. The minimum atomic E-state index is -1.04. The largest absolute Gasteiger partial charge is 0.492 e. The fourth-order valence-corrected chi connectivity index (χ4v) is 5.22. The highest BCUT2D eigenvalue weighted by atomic mass is 16.6. The number of nitrogens with zero attached hydrogens (tertiary/aromatic N) is 3. The van der Waals surface area contributed by atoms with Crippen molar-refractivity contribution < 1.29 is 33.8 Å². The summed E-state index contributed by atoms with van der Waals surface area (Å²) in [5.41, 5.74) is 0.0373. The third-order valence-corrected chi connectivity index (χ3v) is 7.32. The van der Waals surface area contributed by atoms with Gasteiger partial charge in [-0.05, 0) is 77.3 Å². The number of aliphatic carboxylic acids is 1. The molecule has 0 bridgehead atoms. The summed E-state index contributed by atoms with van der Waals surface area (Å²) in [5, 5.41) is 12.3. The topological polar surface area (TPSA) is 138 Å². The van der Waals surface area contributed by atoms with E-state index in [-0.39, 0.29) is 24.3 Å². The van der Waals surface area contributed by atoms with Gasteiger partial charge in [0.2, 0.25) is 11.8 Å². The van der Waals surface area contributed by atoms with Crippen molar-refractivity contribution in [2.24, 2.45) is 11.8 Å². The van der Waals surface area contributed by atoms with E-state index in [0.29, 0.717) is 69.3 Å². The first-order valence-corrected chi connectivity index (χ1v) is 14.3. The van der Waals surface area contributed by atoms with Crippen molar-refractivity contribution in [2.75, 3.05) is 32.8 Å². The van der Waals surface area contributed by atoms with E-state index in [9.17, 15) is 24.3 Å². The minimum absolute atomic E-state index is 0.0303. The quantitative estimate of drug-likeness (QED) is 0.441. The van der Waals surface area contributed by atoms with Crippen molar-refractivity contribution in [3.8, 4) is 5.75 Å². The molecule has 0 unspecified atom stereocenters. The highest BCUT2D eigenvalue weighted by molar-refractivity contribution is 5.82. The maximum Gasteiger partial charge on any atom is 0.410 e. The molecule has 0 aromatic carbocycles. The van der Waals surface area contributed by atoms with Crippen molar-refractivity contribution in [1.82, 2.24) is 20.1 Å². The van der Waals surface area contributed by atoms with Crippen LogP contribution in [0.25, 0.3) is 0 Å². The second-order valence-electron chi connectivity index (χ2n) is 11.7. The lowest BCUT2D eigenvalue weighted by Crippen LogP contribution is -2.46. The van der Waals surface area contributed by atoms with E-state index >= 15 is 0 Å². The first kappa shape index (κ1) is 31.2. The zero-order valence-electron chi connectivity index (χ0n) is 24.2. The monoisotopic (exact) mass is 560 g/mol. The van der Waals surface area contributed by atoms with Gasteiger partial charge in [0, 0.05) is 38.8 Å². The van der Waals surface area contributed by atoms with Crippen molar-refractivity contribution in [3.05, 3.63) is 24.0 Å². The summed E-state index contributed by atoms with van der Waals surface area (Å²) in [6.45, 7) is 10.0. The number of hydrogen-bond donors (Lipinski definition) is 2. The number of nitrogens with one attached hydrogen (secondary N) is 1. The number of rotatable bonds is 10. The third kappa shape index (κ3) is 9.67. The van der Waals surface area contributed by atoms with Crippen LogP contribution in [0.2, 0.25) is 0 Å². The average Bonchev–Trinajstić information content (AvgIpc) is 2.91. The fourth-order valence-electron chi connectivity index (χ4n) is 5.22. The molecule has 1 aromatic heterocycles. The molecule has 222 valence electrons. The van der Waals surface area contributed by atoms with Gasteiger partial charge in [0.05, 0.1) is 31.2 Å². The molecule has 1 aromatic rings. The second-order valence-corrected chi connectivity index (χ2v) is 11.7. The van der Waals surface area contributed by atoms with Gasteiger partial charge in [-0.15, -0.1) is 0 Å². The van der Waals surface area contributed by atoms with Gasteiger partial charge in [-0.3, -0.25) is 19.4 Å². The predicted octanol–water partition coefficient (Wildman–Crippen LogP) is 3.78. The molecular formula is C29H44N4O7. The Labute approximate surface area is 236 Å². The lowest BCUT2D eigenvalue weighted by molar-refractivity contribution is -0.138. The maximum atomic E-state index is 13.2. The van der Waals surface area contributed by atoms with Crippen LogP contribution in [-0.2, 0) is 19.1 Å². The Bertz CT molecular complexity index is 1030. The van der Waals surface area contributed by atoms with Gasteiger partial charge in [0.15, 0.2) is 0 Å². The molecule has 11 nitrogen and oxygen atoms in total. The Morgan fingerprint density at radius 1 is 1.10 bits per heavy atom. The first-order valence-electron chi connectivity index (χ1n) is 14.3. The average molecular weight is 561 g/mol. The number of piperidine rings is 2. The van der Waals surface area contributed by atoms with Crippen LogP contribution in [0, 0.1) is 11.8 Å². The summed E-state index contributed by atoms with van der Waals surface area (Å²) in [5.74, 6) is -0.805.